The molecule has 3 aromatic rings. The van der Waals surface area contributed by atoms with Gasteiger partial charge in [0.15, 0.2) is 0 Å². The van der Waals surface area contributed by atoms with Crippen LogP contribution in [0.1, 0.15) is 5.56 Å². The Morgan fingerprint density at radius 1 is 1.25 bits per heavy atom. The van der Waals surface area contributed by atoms with Crippen molar-refractivity contribution in [3.63, 3.8) is 0 Å². The number of H-pyrrole nitrogens is 1. The molecule has 0 aliphatic rings. The number of carboxylic acids is 1. The third-order valence-electron chi connectivity index (χ3n) is 2.86. The molecule has 0 atom stereocenters. The first-order chi connectivity index (χ1) is 9.75. The van der Waals surface area contributed by atoms with Crippen molar-refractivity contribution in [2.75, 3.05) is 0 Å². The summed E-state index contributed by atoms with van der Waals surface area (Å²) in [4.78, 5) is 26.1. The molecule has 0 saturated carbocycles. The van der Waals surface area contributed by atoms with Gasteiger partial charge in [-0.15, -0.1) is 0 Å². The molecule has 0 radical (unpaired) electrons. The predicted molar refractivity (Wildman–Crippen MR) is 73.8 cm³/mol. The van der Waals surface area contributed by atoms with Crippen molar-refractivity contribution in [3.8, 4) is 11.3 Å². The van der Waals surface area contributed by atoms with Crippen LogP contribution in [0.15, 0.2) is 43.1 Å². The smallest absolute Gasteiger partial charge is 0.328 e. The van der Waals surface area contributed by atoms with Crippen LogP contribution in [-0.4, -0.2) is 31.0 Å². The summed E-state index contributed by atoms with van der Waals surface area (Å²) < 4.78 is 0. The molecule has 6 nitrogen and oxygen atoms in total. The van der Waals surface area contributed by atoms with Crippen LogP contribution in [0.2, 0.25) is 0 Å². The molecule has 0 saturated heterocycles. The molecule has 0 aliphatic carbocycles. The fourth-order valence-electron chi connectivity index (χ4n) is 2.01. The zero-order valence-electron chi connectivity index (χ0n) is 10.3. The lowest BCUT2D eigenvalue weighted by molar-refractivity contribution is -0.131. The van der Waals surface area contributed by atoms with Gasteiger partial charge < -0.3 is 10.1 Å². The second-order valence-electron chi connectivity index (χ2n) is 4.10. The van der Waals surface area contributed by atoms with Crippen LogP contribution >= 0.6 is 0 Å². The number of carboxylic acid groups (broad SMARTS) is 1. The summed E-state index contributed by atoms with van der Waals surface area (Å²) in [7, 11) is 0. The topological polar surface area (TPSA) is 91.8 Å². The molecule has 98 valence electrons. The van der Waals surface area contributed by atoms with E-state index in [0.717, 1.165) is 28.3 Å². The number of nitrogens with zero attached hydrogens (tertiary/aromatic N) is 3. The van der Waals surface area contributed by atoms with E-state index in [1.807, 2.05) is 12.1 Å². The van der Waals surface area contributed by atoms with E-state index >= 15 is 0 Å². The number of hydrogen-bond acceptors (Lipinski definition) is 4. The van der Waals surface area contributed by atoms with E-state index < -0.39 is 5.97 Å². The minimum absolute atomic E-state index is 0.664. The van der Waals surface area contributed by atoms with Crippen molar-refractivity contribution in [2.24, 2.45) is 0 Å². The van der Waals surface area contributed by atoms with Crippen LogP contribution in [0.25, 0.3) is 28.4 Å². The summed E-state index contributed by atoms with van der Waals surface area (Å²) in [6.07, 6.45) is 9.16. The molecule has 0 spiro atoms. The average molecular weight is 266 g/mol. The van der Waals surface area contributed by atoms with Gasteiger partial charge >= 0.3 is 5.97 Å². The molecule has 20 heavy (non-hydrogen) atoms. The van der Waals surface area contributed by atoms with Crippen molar-refractivity contribution >= 4 is 23.1 Å². The van der Waals surface area contributed by atoms with Crippen molar-refractivity contribution in [2.45, 2.75) is 0 Å². The average Bonchev–Trinajstić information content (AvgIpc) is 2.89. The van der Waals surface area contributed by atoms with Crippen LogP contribution in [-0.2, 0) is 4.79 Å². The first-order valence-corrected chi connectivity index (χ1v) is 5.89. The highest BCUT2D eigenvalue weighted by atomic mass is 16.4. The van der Waals surface area contributed by atoms with E-state index in [-0.39, 0.29) is 0 Å². The van der Waals surface area contributed by atoms with E-state index in [4.69, 9.17) is 5.11 Å². The van der Waals surface area contributed by atoms with Crippen LogP contribution in [0, 0.1) is 0 Å². The minimum Gasteiger partial charge on any atom is -0.478 e. The Morgan fingerprint density at radius 2 is 2.05 bits per heavy atom. The number of aromatic nitrogens is 4. The zero-order chi connectivity index (χ0) is 13.9. The van der Waals surface area contributed by atoms with Crippen LogP contribution in [0.3, 0.4) is 0 Å². The first kappa shape index (κ1) is 12.0. The Hall–Kier alpha value is -3.02. The van der Waals surface area contributed by atoms with Gasteiger partial charge in [0.2, 0.25) is 0 Å². The number of carbonyl (C=O) groups is 1. The Bertz CT molecular complexity index is 793. The van der Waals surface area contributed by atoms with Crippen molar-refractivity contribution in [3.05, 3.63) is 48.7 Å². The lowest BCUT2D eigenvalue weighted by Crippen LogP contribution is -1.89. The molecular weight excluding hydrogens is 256 g/mol. The van der Waals surface area contributed by atoms with Crippen LogP contribution in [0.4, 0.5) is 0 Å². The Kier molecular flexibility index (Phi) is 2.96. The fourth-order valence-corrected chi connectivity index (χ4v) is 2.01. The Morgan fingerprint density at radius 3 is 2.80 bits per heavy atom. The van der Waals surface area contributed by atoms with Crippen molar-refractivity contribution < 1.29 is 9.90 Å². The maximum Gasteiger partial charge on any atom is 0.328 e. The van der Waals surface area contributed by atoms with Crippen molar-refractivity contribution in [1.29, 1.82) is 0 Å². The maximum absolute atomic E-state index is 10.6. The third kappa shape index (κ3) is 2.14. The number of nitrogens with one attached hydrogen (secondary N) is 1. The highest BCUT2D eigenvalue weighted by molar-refractivity contribution is 5.99. The summed E-state index contributed by atoms with van der Waals surface area (Å²) in [5.74, 6) is -0.998. The number of aliphatic carboxylic acids is 1. The van der Waals surface area contributed by atoms with Gasteiger partial charge in [-0.25, -0.2) is 14.8 Å². The number of fused-ring (bicyclic) bond motifs is 1. The Balaban J connectivity index is 2.22. The molecule has 0 amide bonds. The van der Waals surface area contributed by atoms with E-state index in [2.05, 4.69) is 19.9 Å². The molecule has 0 aliphatic heterocycles. The quantitative estimate of drug-likeness (QED) is 0.708. The molecular formula is C14H10N4O2. The van der Waals surface area contributed by atoms with Gasteiger partial charge in [0.1, 0.15) is 12.0 Å². The van der Waals surface area contributed by atoms with Gasteiger partial charge in [-0.1, -0.05) is 0 Å². The first-order valence-electron chi connectivity index (χ1n) is 5.89. The standard InChI is InChI=1S/C14H10N4O2/c19-11(20)2-1-10-7-16-14-12(10)13(17-8-18-14)9-3-5-15-6-4-9/h1-8H,(H,19,20)(H,16,17,18)/b2-1+. The number of aromatic amines is 1. The predicted octanol–water partition coefficient (Wildman–Crippen LogP) is 2.12. The Labute approximate surface area is 113 Å². The van der Waals surface area contributed by atoms with Crippen molar-refractivity contribution in [1.82, 2.24) is 19.9 Å². The van der Waals surface area contributed by atoms with E-state index in [9.17, 15) is 4.79 Å². The largest absolute Gasteiger partial charge is 0.478 e. The molecule has 3 rings (SSSR count). The molecule has 6 heteroatoms. The van der Waals surface area contributed by atoms with Gasteiger partial charge in [-0.2, -0.15) is 0 Å². The lowest BCUT2D eigenvalue weighted by atomic mass is 10.1. The van der Waals surface area contributed by atoms with Gasteiger partial charge in [0.05, 0.1) is 11.1 Å². The summed E-state index contributed by atoms with van der Waals surface area (Å²) in [6.45, 7) is 0. The van der Waals surface area contributed by atoms with E-state index in [1.54, 1.807) is 18.6 Å². The zero-order valence-corrected chi connectivity index (χ0v) is 10.3. The number of rotatable bonds is 3. The maximum atomic E-state index is 10.6. The number of hydrogen-bond donors (Lipinski definition) is 2. The fraction of sp³-hybridized carbons (Fsp3) is 0. The number of pyridine rings is 1. The highest BCUT2D eigenvalue weighted by Crippen LogP contribution is 2.28. The highest BCUT2D eigenvalue weighted by Gasteiger charge is 2.11. The SMILES string of the molecule is O=C(O)/C=C/c1c[nH]c2ncnc(-c3ccncc3)c12. The second kappa shape index (κ2) is 4.93. The molecule has 0 unspecified atom stereocenters. The second-order valence-corrected chi connectivity index (χ2v) is 4.10. The molecule has 3 aromatic heterocycles. The van der Waals surface area contributed by atoms with E-state index in [1.165, 1.54) is 12.4 Å². The van der Waals surface area contributed by atoms with Gasteiger partial charge in [0, 0.05) is 35.8 Å². The van der Waals surface area contributed by atoms with Crippen LogP contribution in [0.5, 0.6) is 0 Å². The normalized spacial score (nSPS) is 11.2. The molecule has 0 bridgehead atoms. The van der Waals surface area contributed by atoms with Crippen LogP contribution < -0.4 is 0 Å². The summed E-state index contributed by atoms with van der Waals surface area (Å²) in [6, 6.07) is 3.69. The molecule has 0 fully saturated rings. The monoisotopic (exact) mass is 266 g/mol. The third-order valence-corrected chi connectivity index (χ3v) is 2.86. The summed E-state index contributed by atoms with van der Waals surface area (Å²) >= 11 is 0. The summed E-state index contributed by atoms with van der Waals surface area (Å²) in [5, 5.41) is 9.52. The van der Waals surface area contributed by atoms with Gasteiger partial charge in [-0.3, -0.25) is 4.98 Å². The summed E-state index contributed by atoms with van der Waals surface area (Å²) in [5.41, 5.74) is 3.03. The minimum atomic E-state index is -0.998. The van der Waals surface area contributed by atoms with Gasteiger partial charge in [0.25, 0.3) is 0 Å². The molecule has 2 N–H and O–H groups in total. The van der Waals surface area contributed by atoms with Gasteiger partial charge in [-0.05, 0) is 18.2 Å². The van der Waals surface area contributed by atoms with E-state index in [0.29, 0.717) is 5.65 Å². The molecule has 0 aromatic carbocycles. The lowest BCUT2D eigenvalue weighted by Gasteiger charge is -2.02. The molecule has 3 heterocycles.